The summed E-state index contributed by atoms with van der Waals surface area (Å²) in [6, 6.07) is 24.9. The van der Waals surface area contributed by atoms with Gasteiger partial charge in [-0.25, -0.2) is 13.1 Å². The minimum atomic E-state index is -3.59. The fraction of sp³-hybridized carbons (Fsp3) is 0.174. The summed E-state index contributed by atoms with van der Waals surface area (Å²) in [6.45, 7) is 1.91. The molecule has 0 aliphatic carbocycles. The molecule has 0 radical (unpaired) electrons. The third-order valence-electron chi connectivity index (χ3n) is 4.89. The first-order chi connectivity index (χ1) is 14.4. The normalized spacial score (nSPS) is 11.4. The van der Waals surface area contributed by atoms with Crippen LogP contribution in [0, 0.1) is 6.92 Å². The number of benzene rings is 3. The topological polar surface area (TPSA) is 91.9 Å². The SMILES string of the molecule is CNS(=O)(=O)c1cc(NC(=O)C[NH2+]C(c2ccccc2)c2ccccc2)ccc1C. The number of aryl methyl sites for hydroxylation is 1. The highest BCUT2D eigenvalue weighted by atomic mass is 32.2. The lowest BCUT2D eigenvalue weighted by Crippen LogP contribution is -2.87. The van der Waals surface area contributed by atoms with Crippen LogP contribution in [0.25, 0.3) is 0 Å². The number of carbonyl (C=O) groups is 1. The summed E-state index contributed by atoms with van der Waals surface area (Å²) >= 11 is 0. The molecule has 0 unspecified atom stereocenters. The molecule has 4 N–H and O–H groups in total. The lowest BCUT2D eigenvalue weighted by atomic mass is 9.99. The monoisotopic (exact) mass is 424 g/mol. The first-order valence-corrected chi connectivity index (χ1v) is 11.2. The van der Waals surface area contributed by atoms with Crippen molar-refractivity contribution in [1.29, 1.82) is 0 Å². The molecule has 3 aromatic carbocycles. The van der Waals surface area contributed by atoms with E-state index in [-0.39, 0.29) is 23.4 Å². The molecule has 0 heterocycles. The van der Waals surface area contributed by atoms with Gasteiger partial charge in [0.15, 0.2) is 6.54 Å². The van der Waals surface area contributed by atoms with Crippen LogP contribution in [0.1, 0.15) is 22.7 Å². The first-order valence-electron chi connectivity index (χ1n) is 9.68. The predicted octanol–water partition coefficient (Wildman–Crippen LogP) is 2.19. The fourth-order valence-electron chi connectivity index (χ4n) is 3.30. The predicted molar refractivity (Wildman–Crippen MR) is 118 cm³/mol. The zero-order chi connectivity index (χ0) is 21.6. The first kappa shape index (κ1) is 21.7. The summed E-state index contributed by atoms with van der Waals surface area (Å²) in [4.78, 5) is 12.7. The third kappa shape index (κ3) is 5.33. The molecule has 0 aliphatic rings. The van der Waals surface area contributed by atoms with Gasteiger partial charge in [0.25, 0.3) is 5.91 Å². The number of nitrogens with one attached hydrogen (secondary N) is 2. The summed E-state index contributed by atoms with van der Waals surface area (Å²) in [7, 11) is -2.23. The van der Waals surface area contributed by atoms with E-state index >= 15 is 0 Å². The number of hydrogen-bond acceptors (Lipinski definition) is 3. The maximum absolute atomic E-state index is 12.6. The van der Waals surface area contributed by atoms with E-state index in [4.69, 9.17) is 0 Å². The molecule has 6 nitrogen and oxygen atoms in total. The summed E-state index contributed by atoms with van der Waals surface area (Å²) < 4.78 is 26.6. The molecule has 156 valence electrons. The Labute approximate surface area is 177 Å². The molecule has 0 saturated heterocycles. The van der Waals surface area contributed by atoms with Crippen LogP contribution in [-0.2, 0) is 14.8 Å². The van der Waals surface area contributed by atoms with Gasteiger partial charge >= 0.3 is 0 Å². The van der Waals surface area contributed by atoms with Crippen molar-refractivity contribution < 1.29 is 18.5 Å². The Morgan fingerprint density at radius 2 is 1.50 bits per heavy atom. The van der Waals surface area contributed by atoms with Crippen LogP contribution in [0.3, 0.4) is 0 Å². The van der Waals surface area contributed by atoms with Gasteiger partial charge in [0.1, 0.15) is 6.04 Å². The third-order valence-corrected chi connectivity index (χ3v) is 6.44. The number of quaternary nitrogens is 1. The summed E-state index contributed by atoms with van der Waals surface area (Å²) in [5.74, 6) is -0.205. The Morgan fingerprint density at radius 3 is 2.03 bits per heavy atom. The highest BCUT2D eigenvalue weighted by Crippen LogP contribution is 2.20. The van der Waals surface area contributed by atoms with Crippen molar-refractivity contribution >= 4 is 21.6 Å². The van der Waals surface area contributed by atoms with Gasteiger partial charge < -0.3 is 10.6 Å². The molecule has 0 atom stereocenters. The van der Waals surface area contributed by atoms with Crippen LogP contribution in [0.2, 0.25) is 0 Å². The zero-order valence-corrected chi connectivity index (χ0v) is 17.8. The molecule has 0 bridgehead atoms. The summed E-state index contributed by atoms with van der Waals surface area (Å²) in [6.07, 6.45) is 0. The fourth-order valence-corrected chi connectivity index (χ4v) is 4.29. The van der Waals surface area contributed by atoms with E-state index in [0.717, 1.165) is 11.1 Å². The Bertz CT molecular complexity index is 1060. The largest absolute Gasteiger partial charge is 0.328 e. The second-order valence-corrected chi connectivity index (χ2v) is 8.83. The smallest absolute Gasteiger partial charge is 0.279 e. The van der Waals surface area contributed by atoms with E-state index in [9.17, 15) is 13.2 Å². The molecular weight excluding hydrogens is 398 g/mol. The van der Waals surface area contributed by atoms with Crippen LogP contribution in [-0.4, -0.2) is 27.9 Å². The number of nitrogens with two attached hydrogens (primary N) is 1. The molecule has 0 fully saturated rings. The minimum absolute atomic E-state index is 0.0172. The maximum Gasteiger partial charge on any atom is 0.279 e. The van der Waals surface area contributed by atoms with Crippen LogP contribution < -0.4 is 15.4 Å². The van der Waals surface area contributed by atoms with E-state index in [1.807, 2.05) is 66.0 Å². The second-order valence-electron chi connectivity index (χ2n) is 6.97. The molecule has 0 aliphatic heterocycles. The Morgan fingerprint density at radius 1 is 0.933 bits per heavy atom. The van der Waals surface area contributed by atoms with E-state index in [0.29, 0.717) is 11.3 Å². The van der Waals surface area contributed by atoms with Crippen LogP contribution in [0.15, 0.2) is 83.8 Å². The van der Waals surface area contributed by atoms with Crippen LogP contribution in [0.4, 0.5) is 5.69 Å². The van der Waals surface area contributed by atoms with E-state index < -0.39 is 10.0 Å². The van der Waals surface area contributed by atoms with Crippen molar-refractivity contribution in [2.45, 2.75) is 17.9 Å². The summed E-state index contributed by atoms with van der Waals surface area (Å²) in [5, 5.41) is 4.77. The lowest BCUT2D eigenvalue weighted by molar-refractivity contribution is -0.676. The molecule has 3 rings (SSSR count). The highest BCUT2D eigenvalue weighted by molar-refractivity contribution is 7.89. The Kier molecular flexibility index (Phi) is 6.99. The molecule has 0 spiro atoms. The van der Waals surface area contributed by atoms with E-state index in [1.165, 1.54) is 13.1 Å². The molecule has 0 aromatic heterocycles. The molecule has 1 amide bonds. The number of amides is 1. The average molecular weight is 425 g/mol. The standard InChI is InChI=1S/C23H25N3O3S/c1-17-13-14-20(15-21(17)30(28,29)24-2)26-22(27)16-25-23(18-9-5-3-6-10-18)19-11-7-4-8-12-19/h3-15,23-25H,16H2,1-2H3,(H,26,27)/p+1. The number of carbonyl (C=O) groups excluding carboxylic acids is 1. The van der Waals surface area contributed by atoms with Crippen molar-refractivity contribution in [3.05, 3.63) is 95.6 Å². The Balaban J connectivity index is 1.73. The second kappa shape index (κ2) is 9.67. The molecule has 7 heteroatoms. The zero-order valence-electron chi connectivity index (χ0n) is 17.0. The van der Waals surface area contributed by atoms with E-state index in [2.05, 4.69) is 10.0 Å². The van der Waals surface area contributed by atoms with Gasteiger partial charge in [0, 0.05) is 16.8 Å². The van der Waals surface area contributed by atoms with Crippen LogP contribution in [0.5, 0.6) is 0 Å². The highest BCUT2D eigenvalue weighted by Gasteiger charge is 2.20. The quantitative estimate of drug-likeness (QED) is 0.518. The number of anilines is 1. The number of sulfonamides is 1. The van der Waals surface area contributed by atoms with Crippen molar-refractivity contribution in [1.82, 2.24) is 4.72 Å². The summed E-state index contributed by atoms with van der Waals surface area (Å²) in [5.41, 5.74) is 3.27. The number of rotatable bonds is 8. The minimum Gasteiger partial charge on any atom is -0.328 e. The Hall–Kier alpha value is -3.00. The molecule has 0 saturated carbocycles. The van der Waals surface area contributed by atoms with Gasteiger partial charge in [0.2, 0.25) is 10.0 Å². The van der Waals surface area contributed by atoms with Gasteiger partial charge in [-0.1, -0.05) is 66.7 Å². The van der Waals surface area contributed by atoms with Gasteiger partial charge in [-0.05, 0) is 31.7 Å². The van der Waals surface area contributed by atoms with Gasteiger partial charge in [-0.3, -0.25) is 4.79 Å². The molecule has 3 aromatic rings. The van der Waals surface area contributed by atoms with Gasteiger partial charge in [-0.15, -0.1) is 0 Å². The van der Waals surface area contributed by atoms with E-state index in [1.54, 1.807) is 19.1 Å². The van der Waals surface area contributed by atoms with Crippen LogP contribution >= 0.6 is 0 Å². The molecular formula is C23H26N3O3S+. The number of hydrogen-bond donors (Lipinski definition) is 3. The van der Waals surface area contributed by atoms with Crippen molar-refractivity contribution in [2.24, 2.45) is 0 Å². The van der Waals surface area contributed by atoms with Gasteiger partial charge in [-0.2, -0.15) is 0 Å². The average Bonchev–Trinajstić information content (AvgIpc) is 2.76. The van der Waals surface area contributed by atoms with Crippen molar-refractivity contribution in [3.63, 3.8) is 0 Å². The lowest BCUT2D eigenvalue weighted by Gasteiger charge is -2.16. The molecule has 30 heavy (non-hydrogen) atoms. The van der Waals surface area contributed by atoms with Crippen molar-refractivity contribution in [2.75, 3.05) is 18.9 Å². The van der Waals surface area contributed by atoms with Crippen molar-refractivity contribution in [3.8, 4) is 0 Å². The van der Waals surface area contributed by atoms with Gasteiger partial charge in [0.05, 0.1) is 4.90 Å². The maximum atomic E-state index is 12.6.